The third-order valence-electron chi connectivity index (χ3n) is 1.55. The van der Waals surface area contributed by atoms with Gasteiger partial charge in [0.15, 0.2) is 0 Å². The number of nitrogens with zero attached hydrogens (tertiary/aromatic N) is 1. The van der Waals surface area contributed by atoms with E-state index in [2.05, 4.69) is 17.1 Å². The first-order valence-electron chi connectivity index (χ1n) is 3.86. The van der Waals surface area contributed by atoms with Gasteiger partial charge < -0.3 is 0 Å². The molecule has 0 aliphatic carbocycles. The Morgan fingerprint density at radius 1 is 1.33 bits per heavy atom. The Morgan fingerprint density at radius 2 is 2.08 bits per heavy atom. The standard InChI is InChI=1S/C10H10NO/c12-9-11-8-4-7-10-5-2-1-3-6-10/h1-3,5-6,8H,4,7H2. The molecule has 0 amide bonds. The first-order chi connectivity index (χ1) is 5.93. The van der Waals surface area contributed by atoms with Crippen LogP contribution >= 0.6 is 0 Å². The summed E-state index contributed by atoms with van der Waals surface area (Å²) in [5, 5.41) is 0. The maximum absolute atomic E-state index is 9.69. The molecule has 1 aromatic rings. The third kappa shape index (κ3) is 3.13. The molecule has 0 saturated carbocycles. The highest BCUT2D eigenvalue weighted by molar-refractivity contribution is 5.33. The number of aliphatic imine (C=N–C) groups is 1. The molecule has 61 valence electrons. The quantitative estimate of drug-likeness (QED) is 0.377. The van der Waals surface area contributed by atoms with Crippen LogP contribution in [0.5, 0.6) is 0 Å². The Balaban J connectivity index is 2.29. The molecule has 0 fully saturated rings. The van der Waals surface area contributed by atoms with Gasteiger partial charge in [-0.2, -0.15) is 0 Å². The smallest absolute Gasteiger partial charge is 0.211 e. The maximum Gasteiger partial charge on any atom is 0.235 e. The molecule has 0 aliphatic rings. The molecule has 0 heterocycles. The number of aryl methyl sites for hydroxylation is 1. The van der Waals surface area contributed by atoms with E-state index in [-0.39, 0.29) is 0 Å². The van der Waals surface area contributed by atoms with Crippen LogP contribution in [0.4, 0.5) is 0 Å². The van der Waals surface area contributed by atoms with E-state index in [4.69, 9.17) is 0 Å². The predicted molar refractivity (Wildman–Crippen MR) is 47.2 cm³/mol. The Bertz CT molecular complexity index is 262. The third-order valence-corrected chi connectivity index (χ3v) is 1.55. The van der Waals surface area contributed by atoms with Gasteiger partial charge in [0.25, 0.3) is 0 Å². The molecular weight excluding hydrogens is 150 g/mol. The van der Waals surface area contributed by atoms with Crippen LogP contribution in [0.3, 0.4) is 0 Å². The highest BCUT2D eigenvalue weighted by atomic mass is 16.1. The first kappa shape index (κ1) is 8.69. The minimum Gasteiger partial charge on any atom is -0.211 e. The summed E-state index contributed by atoms with van der Waals surface area (Å²) in [7, 11) is 0. The van der Waals surface area contributed by atoms with Gasteiger partial charge in [-0.1, -0.05) is 30.3 Å². The molecule has 1 aromatic carbocycles. The molecule has 2 heteroatoms. The van der Waals surface area contributed by atoms with E-state index in [9.17, 15) is 4.79 Å². The van der Waals surface area contributed by atoms with Crippen LogP contribution in [0.2, 0.25) is 0 Å². The Labute approximate surface area is 71.9 Å². The number of hydrogen-bond donors (Lipinski definition) is 0. The number of isocyanates is 1. The molecule has 0 spiro atoms. The molecule has 2 nitrogen and oxygen atoms in total. The van der Waals surface area contributed by atoms with Crippen LogP contribution < -0.4 is 0 Å². The van der Waals surface area contributed by atoms with Gasteiger partial charge >= 0.3 is 0 Å². The van der Waals surface area contributed by atoms with Crippen molar-refractivity contribution in [3.63, 3.8) is 0 Å². The van der Waals surface area contributed by atoms with Gasteiger partial charge in [-0.05, 0) is 18.4 Å². The number of hydrogen-bond acceptors (Lipinski definition) is 2. The molecule has 1 radical (unpaired) electrons. The van der Waals surface area contributed by atoms with E-state index < -0.39 is 0 Å². The normalized spacial score (nSPS) is 9.00. The minimum absolute atomic E-state index is 0.791. The summed E-state index contributed by atoms with van der Waals surface area (Å²) in [5.41, 5.74) is 1.26. The average molecular weight is 160 g/mol. The Morgan fingerprint density at radius 3 is 2.75 bits per heavy atom. The number of benzene rings is 1. The lowest BCUT2D eigenvalue weighted by Gasteiger charge is -1.95. The van der Waals surface area contributed by atoms with Gasteiger partial charge in [0, 0.05) is 0 Å². The van der Waals surface area contributed by atoms with E-state index in [0.717, 1.165) is 12.8 Å². The van der Waals surface area contributed by atoms with Crippen LogP contribution in [-0.2, 0) is 11.2 Å². The SMILES string of the molecule is O=C=N[CH]CCc1ccccc1. The lowest BCUT2D eigenvalue weighted by molar-refractivity contribution is 0.564. The predicted octanol–water partition coefficient (Wildman–Crippen LogP) is 2.12. The summed E-state index contributed by atoms with van der Waals surface area (Å²) in [6, 6.07) is 10.1. The second-order valence-electron chi connectivity index (χ2n) is 2.43. The number of rotatable bonds is 4. The minimum atomic E-state index is 0.791. The molecule has 0 aliphatic heterocycles. The summed E-state index contributed by atoms with van der Waals surface area (Å²) in [6.07, 6.45) is 3.19. The van der Waals surface area contributed by atoms with Crippen LogP contribution in [0.25, 0.3) is 0 Å². The monoisotopic (exact) mass is 160 g/mol. The summed E-state index contributed by atoms with van der Waals surface area (Å²) < 4.78 is 0. The largest absolute Gasteiger partial charge is 0.235 e. The van der Waals surface area contributed by atoms with Gasteiger partial charge in [-0.3, -0.25) is 0 Å². The Kier molecular flexibility index (Phi) is 3.82. The molecule has 1 rings (SSSR count). The average Bonchev–Trinajstić information content (AvgIpc) is 2.14. The summed E-state index contributed by atoms with van der Waals surface area (Å²) >= 11 is 0. The van der Waals surface area contributed by atoms with E-state index in [0.29, 0.717) is 0 Å². The molecular formula is C10H10NO. The molecule has 0 N–H and O–H groups in total. The van der Waals surface area contributed by atoms with Crippen LogP contribution in [0.15, 0.2) is 35.3 Å². The second-order valence-corrected chi connectivity index (χ2v) is 2.43. The zero-order valence-corrected chi connectivity index (χ0v) is 6.73. The molecule has 0 saturated heterocycles. The van der Waals surface area contributed by atoms with E-state index >= 15 is 0 Å². The van der Waals surface area contributed by atoms with Crippen molar-refractivity contribution in [3.8, 4) is 0 Å². The highest BCUT2D eigenvalue weighted by Gasteiger charge is 1.89. The zero-order valence-electron chi connectivity index (χ0n) is 6.73. The van der Waals surface area contributed by atoms with Crippen molar-refractivity contribution in [1.82, 2.24) is 0 Å². The van der Waals surface area contributed by atoms with Crippen molar-refractivity contribution in [3.05, 3.63) is 42.4 Å². The van der Waals surface area contributed by atoms with E-state index in [1.807, 2.05) is 18.2 Å². The van der Waals surface area contributed by atoms with Crippen LogP contribution in [0.1, 0.15) is 12.0 Å². The van der Waals surface area contributed by atoms with E-state index in [1.54, 1.807) is 6.54 Å². The summed E-state index contributed by atoms with van der Waals surface area (Å²) in [5.74, 6) is 0. The fourth-order valence-corrected chi connectivity index (χ4v) is 0.978. The van der Waals surface area contributed by atoms with Gasteiger partial charge in [-0.15, -0.1) is 0 Å². The molecule has 0 aromatic heterocycles. The maximum atomic E-state index is 9.69. The second kappa shape index (κ2) is 5.28. The van der Waals surface area contributed by atoms with Gasteiger partial charge in [-0.25, -0.2) is 9.79 Å². The fraction of sp³-hybridized carbons (Fsp3) is 0.200. The molecule has 0 bridgehead atoms. The first-order valence-corrected chi connectivity index (χ1v) is 3.86. The Hall–Kier alpha value is -1.40. The number of carbonyl (C=O) groups excluding carboxylic acids is 1. The molecule has 12 heavy (non-hydrogen) atoms. The highest BCUT2D eigenvalue weighted by Crippen LogP contribution is 2.03. The molecule has 0 unspecified atom stereocenters. The topological polar surface area (TPSA) is 29.4 Å². The zero-order chi connectivity index (χ0) is 8.65. The van der Waals surface area contributed by atoms with Crippen molar-refractivity contribution < 1.29 is 4.79 Å². The summed E-state index contributed by atoms with van der Waals surface area (Å²) in [4.78, 5) is 13.0. The lowest BCUT2D eigenvalue weighted by Crippen LogP contribution is -1.83. The van der Waals surface area contributed by atoms with Crippen molar-refractivity contribution >= 4 is 6.08 Å². The molecule has 0 atom stereocenters. The van der Waals surface area contributed by atoms with Crippen molar-refractivity contribution in [2.75, 3.05) is 0 Å². The lowest BCUT2D eigenvalue weighted by atomic mass is 10.1. The van der Waals surface area contributed by atoms with Gasteiger partial charge in [0.2, 0.25) is 6.08 Å². The van der Waals surface area contributed by atoms with Crippen molar-refractivity contribution in [1.29, 1.82) is 0 Å². The van der Waals surface area contributed by atoms with Crippen LogP contribution in [-0.4, -0.2) is 6.08 Å². The fourth-order valence-electron chi connectivity index (χ4n) is 0.978. The summed E-state index contributed by atoms with van der Waals surface area (Å²) in [6.45, 7) is 1.58. The van der Waals surface area contributed by atoms with E-state index in [1.165, 1.54) is 11.6 Å². The van der Waals surface area contributed by atoms with Gasteiger partial charge in [0.05, 0.1) is 6.54 Å². The van der Waals surface area contributed by atoms with Crippen LogP contribution in [0, 0.1) is 6.54 Å². The van der Waals surface area contributed by atoms with Gasteiger partial charge in [0.1, 0.15) is 0 Å². The van der Waals surface area contributed by atoms with Crippen molar-refractivity contribution in [2.45, 2.75) is 12.8 Å². The van der Waals surface area contributed by atoms with Crippen molar-refractivity contribution in [2.24, 2.45) is 4.99 Å².